The van der Waals surface area contributed by atoms with Crippen LogP contribution in [-0.4, -0.2) is 19.1 Å². The van der Waals surface area contributed by atoms with Crippen LogP contribution >= 0.6 is 0 Å². The Balaban J connectivity index is 1.05. The van der Waals surface area contributed by atoms with Gasteiger partial charge in [0, 0.05) is 16.5 Å². The van der Waals surface area contributed by atoms with Crippen LogP contribution in [0.5, 0.6) is 0 Å². The second-order valence-corrected chi connectivity index (χ2v) is 16.5. The summed E-state index contributed by atoms with van der Waals surface area (Å²) in [6.45, 7) is 0. The van der Waals surface area contributed by atoms with E-state index in [2.05, 4.69) is 216 Å². The van der Waals surface area contributed by atoms with E-state index in [9.17, 15) is 0 Å². The fourth-order valence-corrected chi connectivity index (χ4v) is 10.6. The zero-order chi connectivity index (χ0) is 36.3. The zero-order valence-corrected chi connectivity index (χ0v) is 31.6. The van der Waals surface area contributed by atoms with E-state index in [1.54, 1.807) is 0 Å². The molecule has 2 heterocycles. The minimum atomic E-state index is 0.367. The quantitative estimate of drug-likeness (QED) is 0.153. The van der Waals surface area contributed by atoms with Crippen LogP contribution in [0.1, 0.15) is 0 Å². The van der Waals surface area contributed by atoms with Crippen molar-refractivity contribution in [1.29, 1.82) is 0 Å². The van der Waals surface area contributed by atoms with Gasteiger partial charge in [0.15, 0.2) is 0 Å². The van der Waals surface area contributed by atoms with Gasteiger partial charge in [-0.15, -0.1) is 0 Å². The van der Waals surface area contributed by atoms with Gasteiger partial charge in [0.2, 0.25) is 0 Å². The van der Waals surface area contributed by atoms with Gasteiger partial charge in [-0.2, -0.15) is 0 Å². The Morgan fingerprint density at radius 3 is 1.67 bits per heavy atom. The van der Waals surface area contributed by atoms with Crippen LogP contribution in [0.3, 0.4) is 0 Å². The second kappa shape index (κ2) is 13.0. The summed E-state index contributed by atoms with van der Waals surface area (Å²) in [4.78, 5) is 2.39. The van der Waals surface area contributed by atoms with Gasteiger partial charge in [-0.05, 0) is 46.2 Å². The van der Waals surface area contributed by atoms with Crippen molar-refractivity contribution in [3.05, 3.63) is 206 Å². The molecule has 0 bridgehead atoms. The van der Waals surface area contributed by atoms with Gasteiger partial charge in [0.1, 0.15) is 0 Å². The molecule has 2 aromatic heterocycles. The van der Waals surface area contributed by atoms with Crippen molar-refractivity contribution in [2.45, 2.75) is 0 Å². The molecule has 0 unspecified atom stereocenters. The topological polar surface area (TPSA) is 8.17 Å². The van der Waals surface area contributed by atoms with Crippen LogP contribution in [0, 0.1) is 0 Å². The number of rotatable bonds is 6. The van der Waals surface area contributed by atoms with Gasteiger partial charge >= 0.3 is 182 Å². The standard InChI is InChI=1S/C52H34N2Se/c1-2-12-41(13-3-1)54-49-16-8-6-14-45(49)46-30-29-44(34-50(46)54)53(42-25-20-36(21-26-42)39-19-18-35-10-4-5-11-38(35)32-39)43-27-22-37(23-28-43)40-24-31-52-48(33-40)47-15-7-9-17-51(47)55-52/h1-34H. The number of fused-ring (bicyclic) bond motifs is 7. The van der Waals surface area contributed by atoms with Crippen molar-refractivity contribution >= 4 is 83.4 Å². The van der Waals surface area contributed by atoms with Crippen molar-refractivity contribution < 1.29 is 0 Å². The van der Waals surface area contributed by atoms with E-state index in [1.807, 2.05) is 0 Å². The minimum absolute atomic E-state index is 0.367. The first kappa shape index (κ1) is 31.8. The summed E-state index contributed by atoms with van der Waals surface area (Å²) in [5.41, 5.74) is 11.7. The SMILES string of the molecule is c1ccc(-n2c3ccccc3c3ccc(N(c4ccc(-c5ccc6ccccc6c5)cc4)c4ccc(-c5ccc6[se]c7ccccc7c6c5)cc4)cc32)cc1. The van der Waals surface area contributed by atoms with Crippen LogP contribution in [0.25, 0.3) is 79.8 Å². The number of hydrogen-bond donors (Lipinski definition) is 0. The molecule has 0 atom stereocenters. The van der Waals surface area contributed by atoms with Crippen LogP contribution < -0.4 is 4.90 Å². The molecule has 0 aliphatic carbocycles. The number of anilines is 3. The van der Waals surface area contributed by atoms with Gasteiger partial charge in [-0.1, -0.05) is 72.8 Å². The third-order valence-corrected chi connectivity index (χ3v) is 13.4. The average molecular weight is 766 g/mol. The van der Waals surface area contributed by atoms with Crippen molar-refractivity contribution in [3.8, 4) is 27.9 Å². The first-order valence-electron chi connectivity index (χ1n) is 18.7. The first-order valence-corrected chi connectivity index (χ1v) is 20.5. The number of benzene rings is 9. The molecule has 11 rings (SSSR count). The predicted octanol–water partition coefficient (Wildman–Crippen LogP) is 14.1. The molecule has 258 valence electrons. The summed E-state index contributed by atoms with van der Waals surface area (Å²) < 4.78 is 5.34. The molecule has 0 aliphatic heterocycles. The molecule has 0 amide bonds. The minimum Gasteiger partial charge on any atom is -0.0602 e. The Morgan fingerprint density at radius 2 is 0.891 bits per heavy atom. The Morgan fingerprint density at radius 1 is 0.327 bits per heavy atom. The maximum absolute atomic E-state index is 2.39. The van der Waals surface area contributed by atoms with Crippen LogP contribution in [0.2, 0.25) is 0 Å². The van der Waals surface area contributed by atoms with Crippen LogP contribution in [0.4, 0.5) is 17.1 Å². The third kappa shape index (κ3) is 5.48. The molecule has 0 spiro atoms. The van der Waals surface area contributed by atoms with Crippen molar-refractivity contribution in [3.63, 3.8) is 0 Å². The fourth-order valence-electron chi connectivity index (χ4n) is 8.28. The molecule has 55 heavy (non-hydrogen) atoms. The molecular weight excluding hydrogens is 732 g/mol. The summed E-state index contributed by atoms with van der Waals surface area (Å²) in [5, 5.41) is 7.77. The van der Waals surface area contributed by atoms with Crippen molar-refractivity contribution in [2.24, 2.45) is 0 Å². The van der Waals surface area contributed by atoms with Crippen molar-refractivity contribution in [2.75, 3.05) is 4.90 Å². The molecule has 0 fully saturated rings. The summed E-state index contributed by atoms with van der Waals surface area (Å²) in [6.07, 6.45) is 0. The molecule has 0 aliphatic rings. The van der Waals surface area contributed by atoms with E-state index < -0.39 is 0 Å². The fraction of sp³-hybridized carbons (Fsp3) is 0. The smallest absolute Gasteiger partial charge is 0.0602 e. The normalized spacial score (nSPS) is 11.6. The number of nitrogens with zero attached hydrogens (tertiary/aromatic N) is 2. The third-order valence-electron chi connectivity index (χ3n) is 11.0. The molecule has 0 N–H and O–H groups in total. The van der Waals surface area contributed by atoms with Crippen molar-refractivity contribution in [1.82, 2.24) is 4.57 Å². The molecule has 0 saturated carbocycles. The van der Waals surface area contributed by atoms with Gasteiger partial charge in [-0.3, -0.25) is 0 Å². The summed E-state index contributed by atoms with van der Waals surface area (Å²) in [7, 11) is 0. The van der Waals surface area contributed by atoms with E-state index in [0.29, 0.717) is 14.5 Å². The monoisotopic (exact) mass is 766 g/mol. The van der Waals surface area contributed by atoms with E-state index in [-0.39, 0.29) is 0 Å². The Hall–Kier alpha value is -6.64. The number of hydrogen-bond acceptors (Lipinski definition) is 1. The van der Waals surface area contributed by atoms with Gasteiger partial charge in [0.05, 0.1) is 5.52 Å². The average Bonchev–Trinajstić information content (AvgIpc) is 3.79. The summed E-state index contributed by atoms with van der Waals surface area (Å²) >= 11 is 0.367. The maximum atomic E-state index is 2.39. The number of para-hydroxylation sites is 2. The molecular formula is C52H34N2Se. The Labute approximate surface area is 325 Å². The number of aromatic nitrogens is 1. The Kier molecular flexibility index (Phi) is 7.55. The first-order chi connectivity index (χ1) is 27.2. The summed E-state index contributed by atoms with van der Waals surface area (Å²) in [5.74, 6) is 0. The van der Waals surface area contributed by atoms with Gasteiger partial charge in [-0.25, -0.2) is 0 Å². The van der Waals surface area contributed by atoms with Crippen LogP contribution in [-0.2, 0) is 0 Å². The predicted molar refractivity (Wildman–Crippen MR) is 236 cm³/mol. The Bertz CT molecular complexity index is 3190. The van der Waals surface area contributed by atoms with E-state index in [4.69, 9.17) is 0 Å². The molecule has 9 aromatic carbocycles. The van der Waals surface area contributed by atoms with E-state index in [0.717, 1.165) is 22.7 Å². The zero-order valence-electron chi connectivity index (χ0n) is 29.9. The molecule has 0 saturated heterocycles. The van der Waals surface area contributed by atoms with Gasteiger partial charge in [0.25, 0.3) is 0 Å². The molecule has 11 aromatic rings. The molecule has 2 nitrogen and oxygen atoms in total. The molecule has 3 heteroatoms. The van der Waals surface area contributed by atoms with Crippen LogP contribution in [0.15, 0.2) is 206 Å². The molecule has 0 radical (unpaired) electrons. The summed E-state index contributed by atoms with van der Waals surface area (Å²) in [6, 6.07) is 75.6. The van der Waals surface area contributed by atoms with Gasteiger partial charge < -0.3 is 4.57 Å². The van der Waals surface area contributed by atoms with E-state index >= 15 is 0 Å². The van der Waals surface area contributed by atoms with E-state index in [1.165, 1.54) is 74.1 Å². The second-order valence-electron chi connectivity index (χ2n) is 14.2.